The second-order valence-corrected chi connectivity index (χ2v) is 8.73. The van der Waals surface area contributed by atoms with Crippen molar-refractivity contribution in [1.82, 2.24) is 15.5 Å². The zero-order valence-electron chi connectivity index (χ0n) is 17.2. The van der Waals surface area contributed by atoms with Gasteiger partial charge in [0.1, 0.15) is 12.1 Å². The summed E-state index contributed by atoms with van der Waals surface area (Å²) in [6, 6.07) is 20.2. The van der Waals surface area contributed by atoms with Crippen LogP contribution in [0.1, 0.15) is 31.0 Å². The molecule has 1 fully saturated rings. The van der Waals surface area contributed by atoms with Crippen molar-refractivity contribution in [3.05, 3.63) is 82.3 Å². The molecule has 3 aromatic carbocycles. The molecule has 1 heterocycles. The molecule has 1 aliphatic heterocycles. The van der Waals surface area contributed by atoms with Gasteiger partial charge in [-0.25, -0.2) is 4.79 Å². The Morgan fingerprint density at radius 2 is 1.74 bits per heavy atom. The molecule has 4 amide bonds. The van der Waals surface area contributed by atoms with Crippen LogP contribution in [-0.4, -0.2) is 29.3 Å². The van der Waals surface area contributed by atoms with E-state index in [1.165, 1.54) is 0 Å². The van der Waals surface area contributed by atoms with Crippen LogP contribution in [0.3, 0.4) is 0 Å². The van der Waals surface area contributed by atoms with Crippen LogP contribution in [-0.2, 0) is 15.1 Å². The Morgan fingerprint density at radius 3 is 2.48 bits per heavy atom. The fourth-order valence-electron chi connectivity index (χ4n) is 3.96. The number of nitrogens with one attached hydrogen (secondary N) is 2. The van der Waals surface area contributed by atoms with Gasteiger partial charge in [-0.2, -0.15) is 0 Å². The molecule has 4 rings (SSSR count). The van der Waals surface area contributed by atoms with Crippen LogP contribution < -0.4 is 10.6 Å². The van der Waals surface area contributed by atoms with E-state index in [2.05, 4.69) is 26.6 Å². The monoisotopic (exact) mass is 479 g/mol. The lowest BCUT2D eigenvalue weighted by molar-refractivity contribution is -0.135. The van der Waals surface area contributed by atoms with Gasteiger partial charge in [-0.1, -0.05) is 70.5 Å². The number of nitrogens with zero attached hydrogens (tertiary/aromatic N) is 1. The SMILES string of the molecule is C[C@@H](NC(=O)CN1C(=O)N[C@](C)(c2ccc(Br)cc2)C1=O)c1cccc2ccccc12. The quantitative estimate of drug-likeness (QED) is 0.537. The number of hydrogen-bond donors (Lipinski definition) is 2. The maximum absolute atomic E-state index is 13.0. The van der Waals surface area contributed by atoms with Gasteiger partial charge in [0.05, 0.1) is 6.04 Å². The first-order valence-electron chi connectivity index (χ1n) is 9.97. The fraction of sp³-hybridized carbons (Fsp3) is 0.208. The molecule has 1 aliphatic rings. The molecule has 7 heteroatoms. The van der Waals surface area contributed by atoms with Gasteiger partial charge in [-0.05, 0) is 47.9 Å². The Kier molecular flexibility index (Phi) is 5.54. The van der Waals surface area contributed by atoms with Gasteiger partial charge in [0.2, 0.25) is 5.91 Å². The second-order valence-electron chi connectivity index (χ2n) is 7.81. The van der Waals surface area contributed by atoms with Crippen LogP contribution in [0, 0.1) is 0 Å². The Hall–Kier alpha value is -3.19. The number of benzene rings is 3. The van der Waals surface area contributed by atoms with Crippen molar-refractivity contribution in [2.75, 3.05) is 6.54 Å². The summed E-state index contributed by atoms with van der Waals surface area (Å²) in [6.45, 7) is 3.19. The van der Waals surface area contributed by atoms with E-state index in [4.69, 9.17) is 0 Å². The molecular weight excluding hydrogens is 458 g/mol. The maximum atomic E-state index is 13.0. The Morgan fingerprint density at radius 1 is 1.06 bits per heavy atom. The molecule has 0 aliphatic carbocycles. The molecule has 2 N–H and O–H groups in total. The van der Waals surface area contributed by atoms with Crippen LogP contribution in [0.15, 0.2) is 71.2 Å². The average Bonchev–Trinajstić information content (AvgIpc) is 2.97. The third-order valence-electron chi connectivity index (χ3n) is 5.67. The lowest BCUT2D eigenvalue weighted by Crippen LogP contribution is -2.43. The molecule has 31 heavy (non-hydrogen) atoms. The van der Waals surface area contributed by atoms with Crippen LogP contribution in [0.4, 0.5) is 4.79 Å². The highest BCUT2D eigenvalue weighted by atomic mass is 79.9. The van der Waals surface area contributed by atoms with E-state index in [0.29, 0.717) is 5.56 Å². The summed E-state index contributed by atoms with van der Waals surface area (Å²) in [5.74, 6) is -0.850. The third kappa shape index (κ3) is 3.93. The number of imide groups is 1. The highest BCUT2D eigenvalue weighted by Gasteiger charge is 2.49. The van der Waals surface area contributed by atoms with Crippen LogP contribution in [0.25, 0.3) is 10.8 Å². The number of urea groups is 1. The number of rotatable bonds is 5. The fourth-order valence-corrected chi connectivity index (χ4v) is 4.22. The second kappa shape index (κ2) is 8.15. The van der Waals surface area contributed by atoms with Crippen molar-refractivity contribution < 1.29 is 14.4 Å². The largest absolute Gasteiger partial charge is 0.348 e. The summed E-state index contributed by atoms with van der Waals surface area (Å²) in [6.07, 6.45) is 0. The molecule has 0 aromatic heterocycles. The first kappa shape index (κ1) is 21.1. The lowest BCUT2D eigenvalue weighted by atomic mass is 9.92. The molecule has 2 atom stereocenters. The third-order valence-corrected chi connectivity index (χ3v) is 6.19. The predicted molar refractivity (Wildman–Crippen MR) is 122 cm³/mol. The smallest absolute Gasteiger partial charge is 0.325 e. The predicted octanol–water partition coefficient (Wildman–Crippen LogP) is 4.25. The Bertz CT molecular complexity index is 1170. The molecule has 0 radical (unpaired) electrons. The molecule has 158 valence electrons. The van der Waals surface area contributed by atoms with Gasteiger partial charge in [0.25, 0.3) is 5.91 Å². The highest BCUT2D eigenvalue weighted by Crippen LogP contribution is 2.30. The Labute approximate surface area is 188 Å². The van der Waals surface area contributed by atoms with Crippen molar-refractivity contribution in [1.29, 1.82) is 0 Å². The number of hydrogen-bond acceptors (Lipinski definition) is 3. The minimum atomic E-state index is -1.21. The van der Waals surface area contributed by atoms with E-state index >= 15 is 0 Å². The zero-order chi connectivity index (χ0) is 22.2. The highest BCUT2D eigenvalue weighted by molar-refractivity contribution is 9.10. The zero-order valence-corrected chi connectivity index (χ0v) is 18.8. The molecule has 6 nitrogen and oxygen atoms in total. The standard InChI is InChI=1S/C24H22BrN3O3/c1-15(19-9-5-7-16-6-3-4-8-20(16)19)26-21(29)14-28-22(30)24(2,27-23(28)31)17-10-12-18(25)13-11-17/h3-13,15H,14H2,1-2H3,(H,26,29)(H,27,31)/t15-,24-/m1/s1. The number of carbonyl (C=O) groups excluding carboxylic acids is 3. The van der Waals surface area contributed by atoms with Crippen molar-refractivity contribution in [3.63, 3.8) is 0 Å². The summed E-state index contributed by atoms with van der Waals surface area (Å²) in [5.41, 5.74) is 0.420. The van der Waals surface area contributed by atoms with E-state index in [-0.39, 0.29) is 12.6 Å². The normalized spacial score (nSPS) is 19.4. The summed E-state index contributed by atoms with van der Waals surface area (Å²) >= 11 is 3.36. The minimum Gasteiger partial charge on any atom is -0.348 e. The van der Waals surface area contributed by atoms with E-state index in [1.54, 1.807) is 31.2 Å². The molecule has 0 spiro atoms. The number of carbonyl (C=O) groups is 3. The number of halogens is 1. The lowest BCUT2D eigenvalue weighted by Gasteiger charge is -2.22. The van der Waals surface area contributed by atoms with Crippen molar-refractivity contribution >= 4 is 44.5 Å². The van der Waals surface area contributed by atoms with E-state index in [0.717, 1.165) is 25.7 Å². The van der Waals surface area contributed by atoms with Gasteiger partial charge < -0.3 is 10.6 Å². The van der Waals surface area contributed by atoms with Gasteiger partial charge in [0.15, 0.2) is 0 Å². The molecule has 0 bridgehead atoms. The van der Waals surface area contributed by atoms with Crippen LogP contribution >= 0.6 is 15.9 Å². The van der Waals surface area contributed by atoms with Crippen molar-refractivity contribution in [2.24, 2.45) is 0 Å². The molecule has 0 saturated carbocycles. The van der Waals surface area contributed by atoms with Gasteiger partial charge >= 0.3 is 6.03 Å². The van der Waals surface area contributed by atoms with Crippen molar-refractivity contribution in [2.45, 2.75) is 25.4 Å². The van der Waals surface area contributed by atoms with Gasteiger partial charge in [0, 0.05) is 4.47 Å². The topological polar surface area (TPSA) is 78.5 Å². The minimum absolute atomic E-state index is 0.280. The van der Waals surface area contributed by atoms with Crippen molar-refractivity contribution in [3.8, 4) is 0 Å². The molecule has 3 aromatic rings. The first-order chi connectivity index (χ1) is 14.8. The Balaban J connectivity index is 1.49. The molecule has 0 unspecified atom stereocenters. The summed E-state index contributed by atoms with van der Waals surface area (Å²) in [5, 5.41) is 7.77. The van der Waals surface area contributed by atoms with Gasteiger partial charge in [-0.15, -0.1) is 0 Å². The van der Waals surface area contributed by atoms with E-state index < -0.39 is 23.4 Å². The summed E-state index contributed by atoms with van der Waals surface area (Å²) < 4.78 is 0.871. The van der Waals surface area contributed by atoms with Gasteiger partial charge in [-0.3, -0.25) is 14.5 Å². The van der Waals surface area contributed by atoms with E-state index in [9.17, 15) is 14.4 Å². The van der Waals surface area contributed by atoms with Crippen LogP contribution in [0.2, 0.25) is 0 Å². The number of amides is 4. The number of fused-ring (bicyclic) bond motifs is 1. The summed E-state index contributed by atoms with van der Waals surface area (Å²) in [7, 11) is 0. The summed E-state index contributed by atoms with van der Waals surface area (Å²) in [4.78, 5) is 39.2. The first-order valence-corrected chi connectivity index (χ1v) is 10.8. The maximum Gasteiger partial charge on any atom is 0.325 e. The van der Waals surface area contributed by atoms with Crippen LogP contribution in [0.5, 0.6) is 0 Å². The molecule has 1 saturated heterocycles. The molecular formula is C24H22BrN3O3. The van der Waals surface area contributed by atoms with E-state index in [1.807, 2.05) is 49.4 Å². The average molecular weight is 480 g/mol.